The maximum absolute atomic E-state index is 11.7. The van der Waals surface area contributed by atoms with Gasteiger partial charge < -0.3 is 10.7 Å². The van der Waals surface area contributed by atoms with Crippen LogP contribution in [0.1, 0.15) is 15.9 Å². The van der Waals surface area contributed by atoms with Crippen molar-refractivity contribution in [1.29, 1.82) is 5.41 Å². The highest BCUT2D eigenvalue weighted by atomic mass is 16.1. The molecular weight excluding hydrogens is 178 g/mol. The highest BCUT2D eigenvalue weighted by molar-refractivity contribution is 6.24. The molecule has 0 bridgehead atoms. The average Bonchev–Trinajstić information content (AvgIpc) is 2.23. The van der Waals surface area contributed by atoms with Crippen molar-refractivity contribution < 1.29 is 4.79 Å². The molecule has 0 aliphatic heterocycles. The molecule has 0 amide bonds. The van der Waals surface area contributed by atoms with Gasteiger partial charge in [-0.25, -0.2) is 0 Å². The molecule has 70 valence electrons. The summed E-state index contributed by atoms with van der Waals surface area (Å²) in [5.41, 5.74) is 1.91. The number of allylic oxidation sites excluding steroid dienone is 2. The van der Waals surface area contributed by atoms with Crippen LogP contribution < -0.4 is 5.32 Å². The summed E-state index contributed by atoms with van der Waals surface area (Å²) >= 11 is 0. The van der Waals surface area contributed by atoms with Crippen molar-refractivity contribution in [3.63, 3.8) is 0 Å². The van der Waals surface area contributed by atoms with E-state index in [1.165, 1.54) is 12.3 Å². The zero-order chi connectivity index (χ0) is 10.1. The van der Waals surface area contributed by atoms with Crippen molar-refractivity contribution in [1.82, 2.24) is 10.3 Å². The van der Waals surface area contributed by atoms with Crippen molar-refractivity contribution in [2.24, 2.45) is 0 Å². The van der Waals surface area contributed by atoms with Gasteiger partial charge in [-0.3, -0.25) is 9.78 Å². The number of aromatic nitrogens is 1. The Balaban J connectivity index is 2.61. The minimum atomic E-state index is -0.105. The minimum absolute atomic E-state index is 0.105. The Morgan fingerprint density at radius 2 is 2.21 bits per heavy atom. The number of fused-ring (bicyclic) bond motifs is 1. The van der Waals surface area contributed by atoms with Gasteiger partial charge in [0, 0.05) is 25.0 Å². The Morgan fingerprint density at radius 3 is 2.93 bits per heavy atom. The van der Waals surface area contributed by atoms with Crippen LogP contribution in [0.15, 0.2) is 30.2 Å². The normalized spacial score (nSPS) is 14.8. The highest BCUT2D eigenvalue weighted by Crippen LogP contribution is 2.18. The van der Waals surface area contributed by atoms with Gasteiger partial charge >= 0.3 is 0 Å². The third kappa shape index (κ3) is 1.12. The largest absolute Gasteiger partial charge is 0.385 e. The van der Waals surface area contributed by atoms with Crippen LogP contribution in [0.25, 0.3) is 0 Å². The molecule has 0 aromatic carbocycles. The molecule has 1 aliphatic carbocycles. The van der Waals surface area contributed by atoms with Crippen LogP contribution >= 0.6 is 0 Å². The number of rotatable bonds is 1. The third-order valence-electron chi connectivity index (χ3n) is 2.16. The number of likely N-dealkylation sites (N-methyl/N-ethyl adjacent to an activating group) is 1. The zero-order valence-corrected chi connectivity index (χ0v) is 7.66. The van der Waals surface area contributed by atoms with Crippen LogP contribution in [0.2, 0.25) is 0 Å². The van der Waals surface area contributed by atoms with E-state index in [-0.39, 0.29) is 5.78 Å². The van der Waals surface area contributed by atoms with Gasteiger partial charge in [0.2, 0.25) is 5.78 Å². The molecule has 1 aromatic rings. The second kappa shape index (κ2) is 3.06. The topological polar surface area (TPSA) is 65.8 Å². The fourth-order valence-corrected chi connectivity index (χ4v) is 1.43. The Hall–Kier alpha value is -1.97. The second-order valence-electron chi connectivity index (χ2n) is 2.97. The summed E-state index contributed by atoms with van der Waals surface area (Å²) in [7, 11) is 1.67. The van der Waals surface area contributed by atoms with Gasteiger partial charge in [-0.15, -0.1) is 0 Å². The van der Waals surface area contributed by atoms with E-state index in [2.05, 4.69) is 10.3 Å². The number of nitrogens with one attached hydrogen (secondary N) is 2. The molecule has 0 spiro atoms. The standard InChI is InChI=1S/C10H9N3O/c1-12-9-4-8(11)6-2-3-13-5-7(6)10(9)14/h2-5,11-12H,1H3. The molecule has 14 heavy (non-hydrogen) atoms. The van der Waals surface area contributed by atoms with Crippen molar-refractivity contribution in [2.45, 2.75) is 0 Å². The summed E-state index contributed by atoms with van der Waals surface area (Å²) < 4.78 is 0. The van der Waals surface area contributed by atoms with E-state index < -0.39 is 0 Å². The summed E-state index contributed by atoms with van der Waals surface area (Å²) in [6.45, 7) is 0. The van der Waals surface area contributed by atoms with E-state index in [4.69, 9.17) is 5.41 Å². The predicted octanol–water partition coefficient (Wildman–Crippen LogP) is 0.749. The quantitative estimate of drug-likeness (QED) is 0.681. The zero-order valence-electron chi connectivity index (χ0n) is 7.66. The number of carbonyl (C=O) groups excluding carboxylic acids is 1. The number of Topliss-reactive ketones (excluding diaryl/α,β-unsaturated/α-hetero) is 1. The number of pyridine rings is 1. The van der Waals surface area contributed by atoms with Crippen molar-refractivity contribution in [3.05, 3.63) is 41.4 Å². The van der Waals surface area contributed by atoms with E-state index in [9.17, 15) is 4.79 Å². The Morgan fingerprint density at radius 1 is 1.43 bits per heavy atom. The molecule has 1 aliphatic rings. The van der Waals surface area contributed by atoms with Crippen LogP contribution in [-0.2, 0) is 0 Å². The number of ketones is 1. The summed E-state index contributed by atoms with van der Waals surface area (Å²) in [5, 5.41) is 10.5. The lowest BCUT2D eigenvalue weighted by Gasteiger charge is -2.15. The molecule has 0 atom stereocenters. The lowest BCUT2D eigenvalue weighted by molar-refractivity contribution is 0.102. The molecule has 4 nitrogen and oxygen atoms in total. The minimum Gasteiger partial charge on any atom is -0.385 e. The molecular formula is C10H9N3O. The molecule has 4 heteroatoms. The van der Waals surface area contributed by atoms with E-state index in [1.54, 1.807) is 19.3 Å². The fraction of sp³-hybridized carbons (Fsp3) is 0.100. The van der Waals surface area contributed by atoms with Crippen LogP contribution in [0.3, 0.4) is 0 Å². The van der Waals surface area contributed by atoms with Crippen LogP contribution in [0.4, 0.5) is 0 Å². The number of hydrogen-bond donors (Lipinski definition) is 2. The Labute approximate surface area is 81.2 Å². The maximum Gasteiger partial charge on any atom is 0.211 e. The smallest absolute Gasteiger partial charge is 0.211 e. The molecule has 1 heterocycles. The van der Waals surface area contributed by atoms with Crippen LogP contribution in [-0.4, -0.2) is 23.5 Å². The van der Waals surface area contributed by atoms with Gasteiger partial charge in [0.25, 0.3) is 0 Å². The van der Waals surface area contributed by atoms with Gasteiger partial charge in [-0.2, -0.15) is 0 Å². The first-order chi connectivity index (χ1) is 6.74. The summed E-state index contributed by atoms with van der Waals surface area (Å²) in [6, 6.07) is 1.68. The maximum atomic E-state index is 11.7. The summed E-state index contributed by atoms with van der Waals surface area (Å²) in [5.74, 6) is -0.105. The summed E-state index contributed by atoms with van der Waals surface area (Å²) in [6.07, 6.45) is 4.61. The number of carbonyl (C=O) groups is 1. The lowest BCUT2D eigenvalue weighted by Crippen LogP contribution is -2.24. The van der Waals surface area contributed by atoms with E-state index in [0.717, 1.165) is 0 Å². The first kappa shape index (κ1) is 8.62. The first-order valence-corrected chi connectivity index (χ1v) is 4.21. The molecule has 2 rings (SSSR count). The van der Waals surface area contributed by atoms with Gasteiger partial charge in [0.05, 0.1) is 17.0 Å². The second-order valence-corrected chi connectivity index (χ2v) is 2.97. The van der Waals surface area contributed by atoms with Crippen LogP contribution in [0, 0.1) is 5.41 Å². The van der Waals surface area contributed by atoms with Crippen molar-refractivity contribution in [2.75, 3.05) is 7.05 Å². The molecule has 1 aromatic heterocycles. The van der Waals surface area contributed by atoms with Gasteiger partial charge in [-0.1, -0.05) is 0 Å². The van der Waals surface area contributed by atoms with Gasteiger partial charge in [-0.05, 0) is 12.1 Å². The number of nitrogens with zero attached hydrogens (tertiary/aromatic N) is 1. The van der Waals surface area contributed by atoms with Crippen molar-refractivity contribution >= 4 is 11.5 Å². The van der Waals surface area contributed by atoms with Gasteiger partial charge in [0.1, 0.15) is 0 Å². The molecule has 0 saturated heterocycles. The fourth-order valence-electron chi connectivity index (χ4n) is 1.43. The Kier molecular flexibility index (Phi) is 1.89. The van der Waals surface area contributed by atoms with E-state index in [1.807, 2.05) is 0 Å². The molecule has 0 radical (unpaired) electrons. The Bertz CT molecular complexity index is 448. The van der Waals surface area contributed by atoms with Crippen LogP contribution in [0.5, 0.6) is 0 Å². The predicted molar refractivity (Wildman–Crippen MR) is 52.5 cm³/mol. The average molecular weight is 187 g/mol. The monoisotopic (exact) mass is 187 g/mol. The SMILES string of the molecule is CNC1=CC(=N)c2ccncc2C1=O. The molecule has 0 unspecified atom stereocenters. The van der Waals surface area contributed by atoms with Crippen molar-refractivity contribution in [3.8, 4) is 0 Å². The first-order valence-electron chi connectivity index (χ1n) is 4.21. The molecule has 2 N–H and O–H groups in total. The lowest BCUT2D eigenvalue weighted by atomic mass is 9.94. The number of hydrogen-bond acceptors (Lipinski definition) is 4. The molecule has 0 saturated carbocycles. The van der Waals surface area contributed by atoms with E-state index >= 15 is 0 Å². The van der Waals surface area contributed by atoms with Gasteiger partial charge in [0.15, 0.2) is 0 Å². The summed E-state index contributed by atoms with van der Waals surface area (Å²) in [4.78, 5) is 15.6. The molecule has 0 fully saturated rings. The third-order valence-corrected chi connectivity index (χ3v) is 2.16. The highest BCUT2D eigenvalue weighted by Gasteiger charge is 2.22. The van der Waals surface area contributed by atoms with E-state index in [0.29, 0.717) is 22.5 Å².